The van der Waals surface area contributed by atoms with Gasteiger partial charge >= 0.3 is 0 Å². The Hall–Kier alpha value is 0.840. The maximum absolute atomic E-state index is 9.71. The van der Waals surface area contributed by atoms with Crippen LogP contribution in [0.1, 0.15) is 0 Å². The third kappa shape index (κ3) is 4.84. The zero-order valence-corrected chi connectivity index (χ0v) is 6.03. The molecule has 0 aromatic carbocycles. The van der Waals surface area contributed by atoms with Crippen LogP contribution in [0.3, 0.4) is 0 Å². The van der Waals surface area contributed by atoms with Crippen molar-refractivity contribution in [2.75, 3.05) is 10.2 Å². The van der Waals surface area contributed by atoms with Gasteiger partial charge in [-0.15, -0.1) is 0 Å². The van der Waals surface area contributed by atoms with Crippen LogP contribution in [0.25, 0.3) is 0 Å². The molecule has 1 atom stereocenters. The Morgan fingerprint density at radius 2 is 2.33 bits per heavy atom. The summed E-state index contributed by atoms with van der Waals surface area (Å²) in [7, 11) is 0. The van der Waals surface area contributed by atoms with Crippen LogP contribution >= 0.6 is 22.6 Å². The number of alkyl halides is 1. The Labute approximate surface area is 52.7 Å². The van der Waals surface area contributed by atoms with Crippen LogP contribution in [0, 0.1) is 0 Å². The maximum Gasteiger partial charge on any atom is 0.153 e. The fraction of sp³-hybridized carbons (Fsp3) is 1.00. The second-order valence-corrected chi connectivity index (χ2v) is 2.84. The van der Waals surface area contributed by atoms with Gasteiger partial charge in [0.05, 0.1) is 5.75 Å². The summed E-state index contributed by atoms with van der Waals surface area (Å²) in [6, 6.07) is 0. The third-order valence-electron chi connectivity index (χ3n) is 0.252. The van der Waals surface area contributed by atoms with E-state index in [2.05, 4.69) is 0 Å². The fourth-order valence-electron chi connectivity index (χ4n) is 0.0660. The molecule has 0 aliphatic rings. The Bertz CT molecular complexity index is 55.5. The molecule has 1 unspecified atom stereocenters. The molecule has 1 N–H and O–H groups in total. The zero-order chi connectivity index (χ0) is 4.99. The van der Waals surface area contributed by atoms with Gasteiger partial charge in [0.15, 0.2) is 11.1 Å². The van der Waals surface area contributed by atoms with Gasteiger partial charge in [0, 0.05) is 4.43 Å². The van der Waals surface area contributed by atoms with E-state index in [1.807, 2.05) is 22.6 Å². The molecule has 0 saturated heterocycles. The van der Waals surface area contributed by atoms with Crippen molar-refractivity contribution in [2.45, 2.75) is 0 Å². The number of rotatable bonds is 2. The average Bonchev–Trinajstić information content (AvgIpc) is 1.35. The lowest BCUT2D eigenvalue weighted by molar-refractivity contribution is 0.566. The minimum Gasteiger partial charge on any atom is -0.306 e. The molecule has 0 amide bonds. The topological polar surface area (TPSA) is 37.3 Å². The Morgan fingerprint density at radius 3 is 2.33 bits per heavy atom. The summed E-state index contributed by atoms with van der Waals surface area (Å²) in [5.74, 6) is 0.389. The van der Waals surface area contributed by atoms with Gasteiger partial charge in [0.25, 0.3) is 0 Å². The van der Waals surface area contributed by atoms with E-state index in [-0.39, 0.29) is 0 Å². The summed E-state index contributed by atoms with van der Waals surface area (Å²) in [6.07, 6.45) is 0. The van der Waals surface area contributed by atoms with Crippen molar-refractivity contribution < 1.29 is 8.76 Å². The van der Waals surface area contributed by atoms with Gasteiger partial charge in [-0.25, -0.2) is 4.21 Å². The molecule has 2 nitrogen and oxygen atoms in total. The van der Waals surface area contributed by atoms with E-state index in [9.17, 15) is 4.21 Å². The quantitative estimate of drug-likeness (QED) is 0.421. The molecule has 4 heteroatoms. The van der Waals surface area contributed by atoms with Crippen LogP contribution in [-0.2, 0) is 11.1 Å². The molecule has 0 saturated carbocycles. The van der Waals surface area contributed by atoms with Gasteiger partial charge in [-0.2, -0.15) is 0 Å². The molecule has 0 spiro atoms. The first kappa shape index (κ1) is 6.84. The van der Waals surface area contributed by atoms with Crippen molar-refractivity contribution in [1.29, 1.82) is 0 Å². The minimum atomic E-state index is -1.57. The van der Waals surface area contributed by atoms with E-state index >= 15 is 0 Å². The summed E-state index contributed by atoms with van der Waals surface area (Å²) < 4.78 is 18.5. The fourth-order valence-corrected chi connectivity index (χ4v) is 1.33. The molecule has 38 valence electrons. The smallest absolute Gasteiger partial charge is 0.153 e. The first-order valence-corrected chi connectivity index (χ1v) is 4.21. The molecule has 0 aliphatic carbocycles. The van der Waals surface area contributed by atoms with E-state index in [0.29, 0.717) is 5.75 Å². The molecule has 6 heavy (non-hydrogen) atoms. The lowest BCUT2D eigenvalue weighted by Gasteiger charge is -1.80. The van der Waals surface area contributed by atoms with Gasteiger partial charge in [-0.05, 0) is 0 Å². The minimum absolute atomic E-state index is 0.389. The summed E-state index contributed by atoms with van der Waals surface area (Å²) in [5, 5.41) is 0. The molecule has 0 bridgehead atoms. The van der Waals surface area contributed by atoms with Gasteiger partial charge in [0.1, 0.15) is 0 Å². The van der Waals surface area contributed by atoms with Crippen molar-refractivity contribution in [3.8, 4) is 0 Å². The molecule has 0 aromatic rings. The number of halogens is 1. The van der Waals surface area contributed by atoms with E-state index in [0.717, 1.165) is 4.43 Å². The normalized spacial score (nSPS) is 14.3. The zero-order valence-electron chi connectivity index (χ0n) is 3.06. The number of hydrogen-bond donors (Lipinski definition) is 1. The lowest BCUT2D eigenvalue weighted by atomic mass is 11.0. The summed E-state index contributed by atoms with van der Waals surface area (Å²) in [6.45, 7) is 0. The Balaban J connectivity index is 2.83. The third-order valence-corrected chi connectivity index (χ3v) is 2.08. The highest BCUT2D eigenvalue weighted by molar-refractivity contribution is 14.1. The van der Waals surface area contributed by atoms with Crippen LogP contribution in [0.2, 0.25) is 0 Å². The van der Waals surface area contributed by atoms with Crippen molar-refractivity contribution in [3.05, 3.63) is 0 Å². The standard InChI is InChI=1S/C2H5IO2S/c3-1-2-6(4)5/h1-2H2,(H,4,5). The Kier molecular flexibility index (Phi) is 4.57. The average molecular weight is 220 g/mol. The predicted molar refractivity (Wildman–Crippen MR) is 34.5 cm³/mol. The molecular weight excluding hydrogens is 215 g/mol. The highest BCUT2D eigenvalue weighted by Crippen LogP contribution is 1.81. The van der Waals surface area contributed by atoms with E-state index in [1.165, 1.54) is 0 Å². The first-order chi connectivity index (χ1) is 2.77. The first-order valence-electron chi connectivity index (χ1n) is 1.41. The molecule has 0 rings (SSSR count). The van der Waals surface area contributed by atoms with Crippen LogP contribution in [0.15, 0.2) is 0 Å². The van der Waals surface area contributed by atoms with E-state index in [1.54, 1.807) is 0 Å². The molecule has 0 radical (unpaired) electrons. The van der Waals surface area contributed by atoms with E-state index < -0.39 is 11.1 Å². The van der Waals surface area contributed by atoms with Gasteiger partial charge in [-0.1, -0.05) is 22.6 Å². The van der Waals surface area contributed by atoms with Crippen LogP contribution in [-0.4, -0.2) is 18.9 Å². The molecule has 0 aliphatic heterocycles. The van der Waals surface area contributed by atoms with Crippen molar-refractivity contribution in [3.63, 3.8) is 0 Å². The maximum atomic E-state index is 9.71. The molecule has 0 aromatic heterocycles. The van der Waals surface area contributed by atoms with Crippen LogP contribution in [0.4, 0.5) is 0 Å². The number of hydrogen-bond acceptors (Lipinski definition) is 1. The van der Waals surface area contributed by atoms with Crippen molar-refractivity contribution in [2.24, 2.45) is 0 Å². The van der Waals surface area contributed by atoms with E-state index in [4.69, 9.17) is 4.55 Å². The SMILES string of the molecule is O=S(O)CCI. The largest absolute Gasteiger partial charge is 0.306 e. The van der Waals surface area contributed by atoms with Gasteiger partial charge < -0.3 is 4.55 Å². The summed E-state index contributed by atoms with van der Waals surface area (Å²) >= 11 is 0.477. The summed E-state index contributed by atoms with van der Waals surface area (Å²) in [4.78, 5) is 0. The van der Waals surface area contributed by atoms with Gasteiger partial charge in [-0.3, -0.25) is 0 Å². The monoisotopic (exact) mass is 220 g/mol. The summed E-state index contributed by atoms with van der Waals surface area (Å²) in [5.41, 5.74) is 0. The second-order valence-electron chi connectivity index (χ2n) is 0.715. The van der Waals surface area contributed by atoms with Crippen LogP contribution in [0.5, 0.6) is 0 Å². The second kappa shape index (κ2) is 4.01. The molecule has 0 heterocycles. The van der Waals surface area contributed by atoms with Crippen molar-refractivity contribution >= 4 is 33.7 Å². The predicted octanol–water partition coefficient (Wildman–Crippen LogP) is 0.643. The Morgan fingerprint density at radius 1 is 1.83 bits per heavy atom. The highest BCUT2D eigenvalue weighted by Gasteiger charge is 1.84. The highest BCUT2D eigenvalue weighted by atomic mass is 127. The van der Waals surface area contributed by atoms with Crippen LogP contribution < -0.4 is 0 Å². The van der Waals surface area contributed by atoms with Gasteiger partial charge in [0.2, 0.25) is 0 Å². The molecular formula is C2H5IO2S. The van der Waals surface area contributed by atoms with Crippen molar-refractivity contribution in [1.82, 2.24) is 0 Å². The lowest BCUT2D eigenvalue weighted by Crippen LogP contribution is -1.93. The molecule has 0 fully saturated rings.